The zero-order valence-electron chi connectivity index (χ0n) is 14.8. The fourth-order valence-electron chi connectivity index (χ4n) is 3.11. The first-order valence-electron chi connectivity index (χ1n) is 8.59. The van der Waals surface area contributed by atoms with Crippen LogP contribution in [-0.2, 0) is 10.0 Å². The van der Waals surface area contributed by atoms with Crippen molar-refractivity contribution >= 4 is 27.3 Å². The smallest absolute Gasteiger partial charge is 0.244 e. The van der Waals surface area contributed by atoms with E-state index in [9.17, 15) is 8.42 Å². The fraction of sp³-hybridized carbons (Fsp3) is 0.353. The first kappa shape index (κ1) is 18.1. The van der Waals surface area contributed by atoms with Crippen LogP contribution in [0.15, 0.2) is 46.2 Å². The second-order valence-electron chi connectivity index (χ2n) is 6.20. The van der Waals surface area contributed by atoms with Gasteiger partial charge in [0.2, 0.25) is 16.0 Å². The van der Waals surface area contributed by atoms with Crippen LogP contribution < -0.4 is 4.90 Å². The summed E-state index contributed by atoms with van der Waals surface area (Å²) in [4.78, 5) is 12.4. The molecule has 0 saturated carbocycles. The van der Waals surface area contributed by atoms with E-state index in [2.05, 4.69) is 15.1 Å². The van der Waals surface area contributed by atoms with Gasteiger partial charge < -0.3 is 9.42 Å². The van der Waals surface area contributed by atoms with Gasteiger partial charge in [0.25, 0.3) is 0 Å². The highest BCUT2D eigenvalue weighted by molar-refractivity contribution is 7.89. The minimum Gasteiger partial charge on any atom is -0.355 e. The zero-order chi connectivity index (χ0) is 18.9. The summed E-state index contributed by atoms with van der Waals surface area (Å²) in [6.07, 6.45) is 5.66. The van der Waals surface area contributed by atoms with Crippen molar-refractivity contribution in [1.29, 1.82) is 0 Å². The van der Waals surface area contributed by atoms with E-state index in [-0.39, 0.29) is 0 Å². The van der Waals surface area contributed by atoms with Crippen LogP contribution in [0.5, 0.6) is 0 Å². The Labute approximate surface area is 161 Å². The van der Waals surface area contributed by atoms with Gasteiger partial charge in [-0.1, -0.05) is 5.16 Å². The number of aromatic nitrogens is 3. The van der Waals surface area contributed by atoms with Crippen molar-refractivity contribution in [3.05, 3.63) is 41.7 Å². The Bertz CT molecular complexity index is 1000. The molecule has 4 heterocycles. The maximum absolute atomic E-state index is 13.2. The van der Waals surface area contributed by atoms with E-state index in [4.69, 9.17) is 4.52 Å². The number of hydrogen-bond acceptors (Lipinski definition) is 8. The lowest BCUT2D eigenvalue weighted by Gasteiger charge is -2.21. The molecule has 0 aromatic carbocycles. The molecule has 0 atom stereocenters. The summed E-state index contributed by atoms with van der Waals surface area (Å²) < 4.78 is 33.2. The van der Waals surface area contributed by atoms with Crippen LogP contribution in [0.2, 0.25) is 0 Å². The van der Waals surface area contributed by atoms with E-state index < -0.39 is 10.0 Å². The van der Waals surface area contributed by atoms with Crippen molar-refractivity contribution in [2.45, 2.75) is 18.2 Å². The lowest BCUT2D eigenvalue weighted by molar-refractivity contribution is 0.432. The average molecular weight is 406 g/mol. The number of rotatable bonds is 4. The second-order valence-corrected chi connectivity index (χ2v) is 9.36. The number of hydrogen-bond donors (Lipinski definition) is 0. The number of sulfonamides is 1. The average Bonchev–Trinajstić information content (AvgIpc) is 3.26. The molecule has 10 heteroatoms. The molecule has 0 bridgehead atoms. The first-order chi connectivity index (χ1) is 13.1. The van der Waals surface area contributed by atoms with Gasteiger partial charge >= 0.3 is 0 Å². The number of anilines is 1. The summed E-state index contributed by atoms with van der Waals surface area (Å²) in [7, 11) is -3.58. The first-order valence-corrected chi connectivity index (χ1v) is 10.8. The lowest BCUT2D eigenvalue weighted by atomic mass is 10.3. The van der Waals surface area contributed by atoms with E-state index in [1.54, 1.807) is 41.1 Å². The highest BCUT2D eigenvalue weighted by Gasteiger charge is 2.30. The van der Waals surface area contributed by atoms with Crippen molar-refractivity contribution in [3.63, 3.8) is 0 Å². The molecular weight excluding hydrogens is 386 g/mol. The van der Waals surface area contributed by atoms with Crippen molar-refractivity contribution in [3.8, 4) is 10.6 Å². The van der Waals surface area contributed by atoms with Gasteiger partial charge in [-0.05, 0) is 25.5 Å². The summed E-state index contributed by atoms with van der Waals surface area (Å²) in [6, 6.07) is 5.17. The molecule has 3 aromatic rings. The summed E-state index contributed by atoms with van der Waals surface area (Å²) >= 11 is 1.40. The molecule has 142 valence electrons. The Balaban J connectivity index is 1.56. The molecule has 0 unspecified atom stereocenters. The van der Waals surface area contributed by atoms with Gasteiger partial charge in [-0.3, -0.25) is 0 Å². The minimum absolute atomic E-state index is 0.336. The van der Waals surface area contributed by atoms with E-state index in [0.29, 0.717) is 36.2 Å². The van der Waals surface area contributed by atoms with Crippen LogP contribution in [0.1, 0.15) is 11.3 Å². The minimum atomic E-state index is -3.58. The lowest BCUT2D eigenvalue weighted by Crippen LogP contribution is -2.35. The van der Waals surface area contributed by atoms with Crippen LogP contribution in [-0.4, -0.2) is 54.0 Å². The molecule has 0 spiro atoms. The number of aryl methyl sites for hydroxylation is 1. The van der Waals surface area contributed by atoms with Crippen LogP contribution in [0, 0.1) is 6.92 Å². The Morgan fingerprint density at radius 2 is 1.93 bits per heavy atom. The fourth-order valence-corrected chi connectivity index (χ4v) is 6.10. The molecule has 3 aromatic heterocycles. The molecule has 0 radical (unpaired) electrons. The highest BCUT2D eigenvalue weighted by atomic mass is 32.2. The Morgan fingerprint density at radius 3 is 2.67 bits per heavy atom. The summed E-state index contributed by atoms with van der Waals surface area (Å²) in [5.41, 5.74) is 0. The molecule has 1 aliphatic rings. The summed E-state index contributed by atoms with van der Waals surface area (Å²) in [6.45, 7) is 3.97. The van der Waals surface area contributed by atoms with Crippen molar-refractivity contribution in [2.24, 2.45) is 0 Å². The van der Waals surface area contributed by atoms with Gasteiger partial charge in [0.05, 0.1) is 16.0 Å². The molecule has 1 aliphatic heterocycles. The maximum atomic E-state index is 13.2. The Kier molecular flexibility index (Phi) is 4.94. The van der Waals surface area contributed by atoms with Crippen LogP contribution in [0.4, 0.5) is 5.95 Å². The quantitative estimate of drug-likeness (QED) is 0.658. The zero-order valence-corrected chi connectivity index (χ0v) is 16.4. The van der Waals surface area contributed by atoms with E-state index in [1.807, 2.05) is 11.8 Å². The van der Waals surface area contributed by atoms with E-state index >= 15 is 0 Å². The normalized spacial score (nSPS) is 16.4. The largest absolute Gasteiger partial charge is 0.355 e. The molecule has 1 fully saturated rings. The maximum Gasteiger partial charge on any atom is 0.244 e. The van der Waals surface area contributed by atoms with Crippen LogP contribution in [0.25, 0.3) is 10.6 Å². The monoisotopic (exact) mass is 405 g/mol. The van der Waals surface area contributed by atoms with Crippen molar-refractivity contribution in [2.75, 3.05) is 31.1 Å². The van der Waals surface area contributed by atoms with Crippen molar-refractivity contribution in [1.82, 2.24) is 19.4 Å². The van der Waals surface area contributed by atoms with Gasteiger partial charge in [0, 0.05) is 49.5 Å². The van der Waals surface area contributed by atoms with E-state index in [0.717, 1.165) is 22.7 Å². The van der Waals surface area contributed by atoms with Crippen molar-refractivity contribution < 1.29 is 12.9 Å². The number of thiophene rings is 1. The predicted octanol–water partition coefficient (Wildman–Crippen LogP) is 2.40. The third kappa shape index (κ3) is 3.60. The standard InChI is InChI=1S/C17H19N5O3S2/c1-13-16(12-15(26-13)14-4-7-20-25-14)27(23,24)22-9-3-8-21(10-11-22)17-18-5-2-6-19-17/h2,4-7,12H,3,8-11H2,1H3. The summed E-state index contributed by atoms with van der Waals surface area (Å²) in [5, 5.41) is 3.69. The third-order valence-electron chi connectivity index (χ3n) is 4.46. The molecule has 0 amide bonds. The second kappa shape index (κ2) is 7.37. The van der Waals surface area contributed by atoms with Gasteiger partial charge in [0.1, 0.15) is 0 Å². The highest BCUT2D eigenvalue weighted by Crippen LogP contribution is 2.35. The summed E-state index contributed by atoms with van der Waals surface area (Å²) in [5.74, 6) is 1.21. The van der Waals surface area contributed by atoms with Crippen LogP contribution in [0.3, 0.4) is 0 Å². The van der Waals surface area contributed by atoms with Gasteiger partial charge in [0.15, 0.2) is 5.76 Å². The topological polar surface area (TPSA) is 92.4 Å². The molecule has 8 nitrogen and oxygen atoms in total. The van der Waals surface area contributed by atoms with Crippen LogP contribution >= 0.6 is 11.3 Å². The Morgan fingerprint density at radius 1 is 1.11 bits per heavy atom. The molecule has 1 saturated heterocycles. The third-order valence-corrected chi connectivity index (χ3v) is 7.68. The molecule has 0 aliphatic carbocycles. The SMILES string of the molecule is Cc1sc(-c2ccno2)cc1S(=O)(=O)N1CCCN(c2ncccn2)CC1. The van der Waals surface area contributed by atoms with Gasteiger partial charge in [-0.15, -0.1) is 11.3 Å². The predicted molar refractivity (Wildman–Crippen MR) is 102 cm³/mol. The van der Waals surface area contributed by atoms with E-state index in [1.165, 1.54) is 11.3 Å². The molecule has 0 N–H and O–H groups in total. The molecule has 4 rings (SSSR count). The van der Waals surface area contributed by atoms with Gasteiger partial charge in [-0.2, -0.15) is 4.31 Å². The Hall–Kier alpha value is -2.30. The van der Waals surface area contributed by atoms with Gasteiger partial charge in [-0.25, -0.2) is 18.4 Å². The molecule has 27 heavy (non-hydrogen) atoms. The number of nitrogens with zero attached hydrogens (tertiary/aromatic N) is 5. The molecular formula is C17H19N5O3S2.